The lowest BCUT2D eigenvalue weighted by molar-refractivity contribution is 0.172. The van der Waals surface area contributed by atoms with Crippen molar-refractivity contribution < 1.29 is 9.47 Å². The normalized spacial score (nSPS) is 13.4. The molecule has 8 heteroatoms. The van der Waals surface area contributed by atoms with Gasteiger partial charge in [0.05, 0.1) is 9.50 Å². The first-order valence-corrected chi connectivity index (χ1v) is 7.47. The molecule has 0 spiro atoms. The van der Waals surface area contributed by atoms with Gasteiger partial charge in [0.2, 0.25) is 0 Å². The van der Waals surface area contributed by atoms with Crippen LogP contribution in [0, 0.1) is 0 Å². The first kappa shape index (κ1) is 14.2. The summed E-state index contributed by atoms with van der Waals surface area (Å²) in [5.74, 6) is 1.44. The highest BCUT2D eigenvalue weighted by Crippen LogP contribution is 2.41. The minimum atomic E-state index is 0.228. The van der Waals surface area contributed by atoms with Gasteiger partial charge in [0, 0.05) is 5.56 Å². The molecule has 20 heavy (non-hydrogen) atoms. The first-order chi connectivity index (χ1) is 9.56. The minimum Gasteiger partial charge on any atom is -0.486 e. The molecule has 0 bridgehead atoms. The lowest BCUT2D eigenvalue weighted by atomic mass is 10.2. The number of aromatic nitrogens is 2. The summed E-state index contributed by atoms with van der Waals surface area (Å²) < 4.78 is 11.4. The van der Waals surface area contributed by atoms with Crippen LogP contribution in [0.15, 0.2) is 16.6 Å². The molecule has 0 saturated heterocycles. The van der Waals surface area contributed by atoms with E-state index in [0.29, 0.717) is 45.6 Å². The molecule has 1 aliphatic rings. The smallest absolute Gasteiger partial charge is 0.179 e. The summed E-state index contributed by atoms with van der Waals surface area (Å²) in [6.45, 7) is 0.938. The second-order valence-electron chi connectivity index (χ2n) is 3.93. The van der Waals surface area contributed by atoms with Crippen LogP contribution in [0.1, 0.15) is 0 Å². The SMILES string of the molecule is Clc1cc(-c2nc(Cl)c(Br)c(Cl)n2)cc2c1OCCO2. The molecule has 0 aliphatic carbocycles. The topological polar surface area (TPSA) is 44.2 Å². The van der Waals surface area contributed by atoms with E-state index in [4.69, 9.17) is 44.3 Å². The van der Waals surface area contributed by atoms with Crippen molar-refractivity contribution in [3.8, 4) is 22.9 Å². The standard InChI is InChI=1S/C12H6BrCl3N2O2/c13-8-10(15)17-12(18-11(8)16)5-3-6(14)9-7(4-5)19-1-2-20-9/h3-4H,1-2H2. The average Bonchev–Trinajstić information content (AvgIpc) is 2.44. The number of nitrogens with zero attached hydrogens (tertiary/aromatic N) is 2. The molecule has 0 saturated carbocycles. The molecule has 4 nitrogen and oxygen atoms in total. The molecule has 0 radical (unpaired) electrons. The molecule has 1 aromatic carbocycles. The van der Waals surface area contributed by atoms with Crippen molar-refractivity contribution in [1.29, 1.82) is 0 Å². The highest BCUT2D eigenvalue weighted by Gasteiger charge is 2.19. The van der Waals surface area contributed by atoms with Gasteiger partial charge in [-0.3, -0.25) is 0 Å². The fourth-order valence-electron chi connectivity index (χ4n) is 1.76. The van der Waals surface area contributed by atoms with E-state index in [2.05, 4.69) is 25.9 Å². The number of fused-ring (bicyclic) bond motifs is 1. The molecule has 3 rings (SSSR count). The summed E-state index contributed by atoms with van der Waals surface area (Å²) in [5, 5.41) is 0.882. The van der Waals surface area contributed by atoms with Gasteiger partial charge in [-0.05, 0) is 28.1 Å². The Morgan fingerprint density at radius 2 is 1.65 bits per heavy atom. The number of rotatable bonds is 1. The molecule has 104 valence electrons. The molecule has 2 aromatic rings. The molecule has 0 N–H and O–H groups in total. The second kappa shape index (κ2) is 5.56. The Morgan fingerprint density at radius 1 is 1.00 bits per heavy atom. The van der Waals surface area contributed by atoms with Crippen molar-refractivity contribution in [3.05, 3.63) is 31.9 Å². The van der Waals surface area contributed by atoms with Gasteiger partial charge in [0.1, 0.15) is 23.5 Å². The summed E-state index contributed by atoms with van der Waals surface area (Å²) in [7, 11) is 0. The Kier molecular flexibility index (Phi) is 3.95. The van der Waals surface area contributed by atoms with Crippen molar-refractivity contribution in [2.75, 3.05) is 13.2 Å². The second-order valence-corrected chi connectivity index (χ2v) is 5.84. The molecule has 1 aromatic heterocycles. The van der Waals surface area contributed by atoms with Crippen LogP contribution in [0.3, 0.4) is 0 Å². The summed E-state index contributed by atoms with van der Waals surface area (Å²) in [6.07, 6.45) is 0. The Hall–Kier alpha value is -0.750. The molecule has 1 aliphatic heterocycles. The van der Waals surface area contributed by atoms with Crippen LogP contribution >= 0.6 is 50.7 Å². The van der Waals surface area contributed by atoms with E-state index in [-0.39, 0.29) is 10.3 Å². The maximum Gasteiger partial charge on any atom is 0.179 e. The fourth-order valence-corrected chi connectivity index (χ4v) is 2.59. The molecule has 0 fully saturated rings. The lowest BCUT2D eigenvalue weighted by Crippen LogP contribution is -2.15. The van der Waals surface area contributed by atoms with Crippen LogP contribution in [0.2, 0.25) is 15.3 Å². The van der Waals surface area contributed by atoms with E-state index in [0.717, 1.165) is 0 Å². The predicted octanol–water partition coefficient (Wildman–Crippen LogP) is 4.64. The number of halogens is 4. The minimum absolute atomic E-state index is 0.228. The summed E-state index contributed by atoms with van der Waals surface area (Å²) in [6, 6.07) is 3.43. The van der Waals surface area contributed by atoms with Crippen LogP contribution in [0.5, 0.6) is 11.5 Å². The van der Waals surface area contributed by atoms with Crippen LogP contribution in [0.4, 0.5) is 0 Å². The zero-order chi connectivity index (χ0) is 14.3. The maximum absolute atomic E-state index is 6.17. The van der Waals surface area contributed by atoms with Gasteiger partial charge in [-0.25, -0.2) is 9.97 Å². The highest BCUT2D eigenvalue weighted by atomic mass is 79.9. The molecule has 0 atom stereocenters. The quantitative estimate of drug-likeness (QED) is 0.659. The Morgan fingerprint density at radius 3 is 2.35 bits per heavy atom. The van der Waals surface area contributed by atoms with Crippen LogP contribution < -0.4 is 9.47 Å². The largest absolute Gasteiger partial charge is 0.486 e. The third-order valence-electron chi connectivity index (χ3n) is 2.63. The van der Waals surface area contributed by atoms with E-state index >= 15 is 0 Å². The molecule has 0 unspecified atom stereocenters. The average molecular weight is 396 g/mol. The number of hydrogen-bond acceptors (Lipinski definition) is 4. The van der Waals surface area contributed by atoms with Gasteiger partial charge in [-0.1, -0.05) is 34.8 Å². The van der Waals surface area contributed by atoms with E-state index in [9.17, 15) is 0 Å². The third-order valence-corrected chi connectivity index (χ3v) is 4.66. The van der Waals surface area contributed by atoms with Gasteiger partial charge in [-0.15, -0.1) is 0 Å². The molecular weight excluding hydrogens is 390 g/mol. The van der Waals surface area contributed by atoms with E-state index in [1.54, 1.807) is 12.1 Å². The number of ether oxygens (including phenoxy) is 2. The predicted molar refractivity (Wildman–Crippen MR) is 81.2 cm³/mol. The summed E-state index contributed by atoms with van der Waals surface area (Å²) in [4.78, 5) is 8.32. The number of hydrogen-bond donors (Lipinski definition) is 0. The Labute approximate surface area is 138 Å². The maximum atomic E-state index is 6.17. The summed E-state index contributed by atoms with van der Waals surface area (Å²) >= 11 is 21.3. The van der Waals surface area contributed by atoms with Gasteiger partial charge >= 0.3 is 0 Å². The fraction of sp³-hybridized carbons (Fsp3) is 0.167. The van der Waals surface area contributed by atoms with Crippen molar-refractivity contribution >= 4 is 50.7 Å². The van der Waals surface area contributed by atoms with Gasteiger partial charge < -0.3 is 9.47 Å². The molecule has 2 heterocycles. The Bertz CT molecular complexity index is 674. The lowest BCUT2D eigenvalue weighted by Gasteiger charge is -2.20. The van der Waals surface area contributed by atoms with Crippen LogP contribution in [0.25, 0.3) is 11.4 Å². The van der Waals surface area contributed by atoms with Gasteiger partial charge in [0.25, 0.3) is 0 Å². The molecule has 0 amide bonds. The van der Waals surface area contributed by atoms with Crippen LogP contribution in [-0.2, 0) is 0 Å². The first-order valence-electron chi connectivity index (χ1n) is 5.54. The van der Waals surface area contributed by atoms with Crippen molar-refractivity contribution in [1.82, 2.24) is 9.97 Å². The van der Waals surface area contributed by atoms with E-state index < -0.39 is 0 Å². The Balaban J connectivity index is 2.13. The molecular formula is C12H6BrCl3N2O2. The van der Waals surface area contributed by atoms with Gasteiger partial charge in [0.15, 0.2) is 17.3 Å². The van der Waals surface area contributed by atoms with Crippen molar-refractivity contribution in [2.45, 2.75) is 0 Å². The number of benzene rings is 1. The van der Waals surface area contributed by atoms with E-state index in [1.165, 1.54) is 0 Å². The van der Waals surface area contributed by atoms with E-state index in [1.807, 2.05) is 0 Å². The highest BCUT2D eigenvalue weighted by molar-refractivity contribution is 9.10. The zero-order valence-electron chi connectivity index (χ0n) is 9.79. The monoisotopic (exact) mass is 394 g/mol. The van der Waals surface area contributed by atoms with Crippen molar-refractivity contribution in [2.24, 2.45) is 0 Å². The van der Waals surface area contributed by atoms with Crippen molar-refractivity contribution in [3.63, 3.8) is 0 Å². The summed E-state index contributed by atoms with van der Waals surface area (Å²) in [5.41, 5.74) is 0.649. The van der Waals surface area contributed by atoms with Crippen LogP contribution in [-0.4, -0.2) is 23.2 Å². The zero-order valence-corrected chi connectivity index (χ0v) is 13.6. The third kappa shape index (κ3) is 2.55. The van der Waals surface area contributed by atoms with Gasteiger partial charge in [-0.2, -0.15) is 0 Å².